The van der Waals surface area contributed by atoms with E-state index in [-0.39, 0.29) is 49.4 Å². The van der Waals surface area contributed by atoms with Gasteiger partial charge in [0.25, 0.3) is 0 Å². The van der Waals surface area contributed by atoms with E-state index in [0.29, 0.717) is 44.9 Å². The Morgan fingerprint density at radius 2 is 1.58 bits per heavy atom. The summed E-state index contributed by atoms with van der Waals surface area (Å²) in [6, 6.07) is 0. The number of esters is 1. The highest BCUT2D eigenvalue weighted by Crippen LogP contribution is 2.42. The Bertz CT molecular complexity index is 1210. The highest BCUT2D eigenvalue weighted by atomic mass is 16.8. The van der Waals surface area contributed by atoms with Gasteiger partial charge in [-0.05, 0) is 50.9 Å². The molecule has 12 unspecified atom stereocenters. The molecule has 6 fully saturated rings. The predicted octanol–water partition coefficient (Wildman–Crippen LogP) is -3.12. The van der Waals surface area contributed by atoms with Gasteiger partial charge in [-0.2, -0.15) is 0 Å². The smallest absolute Gasteiger partial charge is 0.330 e. The third kappa shape index (κ3) is 9.01. The predicted molar refractivity (Wildman–Crippen MR) is 175 cm³/mol. The van der Waals surface area contributed by atoms with Crippen molar-refractivity contribution in [3.05, 3.63) is 12.2 Å². The molecule has 0 aromatic carbocycles. The fourth-order valence-electron chi connectivity index (χ4n) is 8.79. The van der Waals surface area contributed by atoms with Crippen LogP contribution in [0.5, 0.6) is 0 Å². The third-order valence-electron chi connectivity index (χ3n) is 12.0. The molecule has 0 spiro atoms. The molecular weight excluding hydrogens is 692 g/mol. The highest BCUT2D eigenvalue weighted by Gasteiger charge is 2.56. The van der Waals surface area contributed by atoms with Crippen LogP contribution in [0.3, 0.4) is 0 Å². The van der Waals surface area contributed by atoms with Crippen LogP contribution in [0.15, 0.2) is 12.2 Å². The normalized spacial score (nSPS) is 50.2. The second kappa shape index (κ2) is 17.2. The molecule has 3 saturated heterocycles. The molecule has 6 aliphatic rings. The van der Waals surface area contributed by atoms with Gasteiger partial charge in [0.05, 0.1) is 55.8 Å². The van der Waals surface area contributed by atoms with E-state index in [1.807, 2.05) is 0 Å². The molecule has 19 atom stereocenters. The lowest BCUT2D eigenvalue weighted by atomic mass is 9.72. The van der Waals surface area contributed by atoms with Crippen molar-refractivity contribution in [2.24, 2.45) is 17.8 Å². The summed E-state index contributed by atoms with van der Waals surface area (Å²) in [4.78, 5) is 12.5. The van der Waals surface area contributed by atoms with E-state index in [0.717, 1.165) is 0 Å². The number of hydrogen-bond donors (Lipinski definition) is 9. The van der Waals surface area contributed by atoms with Gasteiger partial charge in [0, 0.05) is 31.9 Å². The van der Waals surface area contributed by atoms with E-state index in [9.17, 15) is 50.8 Å². The standard InChI is InChI=1S/C35H56O17/c1-46-26-8-16(2-5-21(26)38)3-7-28(42)48-14-35(45)15-49-34(32(35)44)52-31-29(43)24(41)13-47-33(31)51-27-12-19-22(39)10-18(36)11-25(19)50-30(27)17-4-6-20(37)23(40)9-17/h3,7,16-27,29-34,36-41,43-45H,2,4-6,8-15H2,1H3/p+1/t16?,17?,18?,19?,20?,21?,22?,23?,24-,25?,26?,27?,29+,30?,31-,32+,33+,34+,35-/m1/s1. The molecular formula is C35H57O17+. The van der Waals surface area contributed by atoms with Crippen molar-refractivity contribution >= 4 is 5.97 Å². The lowest BCUT2D eigenvalue weighted by Gasteiger charge is -2.48. The molecule has 6 rings (SSSR count). The van der Waals surface area contributed by atoms with Crippen LogP contribution in [0.25, 0.3) is 0 Å². The lowest BCUT2D eigenvalue weighted by Crippen LogP contribution is -2.62. The van der Waals surface area contributed by atoms with Crippen molar-refractivity contribution in [1.82, 2.24) is 0 Å². The van der Waals surface area contributed by atoms with E-state index in [1.165, 1.54) is 13.2 Å². The molecule has 0 amide bonds. The largest absolute Gasteiger partial charge is 0.459 e. The van der Waals surface area contributed by atoms with Crippen molar-refractivity contribution in [1.29, 1.82) is 0 Å². The van der Waals surface area contributed by atoms with Crippen LogP contribution in [-0.4, -0.2) is 181 Å². The Morgan fingerprint density at radius 3 is 2.33 bits per heavy atom. The zero-order valence-electron chi connectivity index (χ0n) is 29.4. The van der Waals surface area contributed by atoms with Crippen molar-refractivity contribution in [2.45, 2.75) is 155 Å². The molecule has 0 bridgehead atoms. The van der Waals surface area contributed by atoms with Gasteiger partial charge in [-0.3, -0.25) is 0 Å². The molecule has 298 valence electrons. The summed E-state index contributed by atoms with van der Waals surface area (Å²) in [6.45, 7) is -1.44. The minimum absolute atomic E-state index is 0.0152. The number of ether oxygens (including phenoxy) is 7. The fraction of sp³-hybridized carbons (Fsp3) is 0.914. The number of aliphatic hydroxyl groups is 11. The Balaban J connectivity index is 1.09. The SMILES string of the molecule is COC1CC(C=CC(=O)OC[C@@]2(O)CO[C@@H](O[C@H]3[C@H](OC4CC5C(O)CC(O)CC5[OH+]C4C4CCC(O)C(O)C4)OC[C@@H](O)[C@@H]3O)[C@@H]2O)CCC1O. The number of carbonyl (C=O) groups excluding carboxylic acids is 1. The van der Waals surface area contributed by atoms with Gasteiger partial charge in [0.15, 0.2) is 30.4 Å². The number of allylic oxidation sites excluding steroid dienone is 1. The van der Waals surface area contributed by atoms with E-state index < -0.39 is 105 Å². The second-order valence-corrected chi connectivity index (χ2v) is 15.7. The van der Waals surface area contributed by atoms with Crippen molar-refractivity contribution in [3.63, 3.8) is 0 Å². The van der Waals surface area contributed by atoms with Gasteiger partial charge >= 0.3 is 5.97 Å². The van der Waals surface area contributed by atoms with Crippen molar-refractivity contribution in [3.8, 4) is 0 Å². The van der Waals surface area contributed by atoms with E-state index >= 15 is 0 Å². The summed E-state index contributed by atoms with van der Waals surface area (Å²) in [5.74, 6) is -1.32. The average molecular weight is 750 g/mol. The van der Waals surface area contributed by atoms with E-state index in [2.05, 4.69) is 0 Å². The monoisotopic (exact) mass is 749 g/mol. The highest BCUT2D eigenvalue weighted by molar-refractivity contribution is 5.82. The quantitative estimate of drug-likeness (QED) is 0.0608. The summed E-state index contributed by atoms with van der Waals surface area (Å²) < 4.78 is 39.3. The molecule has 3 aliphatic carbocycles. The number of hydrogen-bond acceptors (Lipinski definition) is 16. The molecule has 0 aromatic rings. The molecule has 17 heteroatoms. The van der Waals surface area contributed by atoms with Gasteiger partial charge in [-0.15, -0.1) is 0 Å². The first-order valence-corrected chi connectivity index (χ1v) is 18.5. The van der Waals surface area contributed by atoms with Crippen LogP contribution in [0.1, 0.15) is 57.8 Å². The van der Waals surface area contributed by atoms with Crippen LogP contribution in [-0.2, 0) is 33.2 Å². The van der Waals surface area contributed by atoms with Crippen LogP contribution >= 0.6 is 0 Å². The molecule has 3 aliphatic heterocycles. The summed E-state index contributed by atoms with van der Waals surface area (Å²) in [5, 5.41) is 95.7. The Morgan fingerprint density at radius 1 is 0.808 bits per heavy atom. The minimum atomic E-state index is -2.07. The fourth-order valence-corrected chi connectivity index (χ4v) is 8.79. The van der Waals surface area contributed by atoms with Gasteiger partial charge < -0.3 is 79.1 Å². The first kappa shape index (κ1) is 40.3. The number of fused-ring (bicyclic) bond motifs is 1. The van der Waals surface area contributed by atoms with Gasteiger partial charge in [-0.25, -0.2) is 4.79 Å². The number of aliphatic hydroxyl groups excluding tert-OH is 8. The first-order valence-electron chi connectivity index (χ1n) is 18.5. The molecule has 0 aromatic heterocycles. The first-order chi connectivity index (χ1) is 24.8. The second-order valence-electron chi connectivity index (χ2n) is 15.7. The maximum atomic E-state index is 12.5. The topological polar surface area (TPSA) is 267 Å². The van der Waals surface area contributed by atoms with E-state index in [4.69, 9.17) is 33.2 Å². The molecule has 3 saturated carbocycles. The van der Waals surface area contributed by atoms with Crippen LogP contribution < -0.4 is 0 Å². The summed E-state index contributed by atoms with van der Waals surface area (Å²) >= 11 is 0. The lowest BCUT2D eigenvalue weighted by molar-refractivity contribution is -0.359. The molecule has 52 heavy (non-hydrogen) atoms. The number of methoxy groups -OCH3 is 1. The zero-order chi connectivity index (χ0) is 37.3. The van der Waals surface area contributed by atoms with Crippen molar-refractivity contribution < 1.29 is 83.9 Å². The molecule has 10 N–H and O–H groups in total. The third-order valence-corrected chi connectivity index (χ3v) is 12.0. The summed E-state index contributed by atoms with van der Waals surface area (Å²) in [6.07, 6.45) is -8.28. The Hall–Kier alpha value is -1.39. The maximum absolute atomic E-state index is 12.5. The number of carbonyl (C=O) groups is 1. The van der Waals surface area contributed by atoms with Crippen molar-refractivity contribution in [2.75, 3.05) is 26.9 Å². The molecule has 0 radical (unpaired) electrons. The minimum Gasteiger partial charge on any atom is -0.459 e. The van der Waals surface area contributed by atoms with Gasteiger partial charge in [0.2, 0.25) is 0 Å². The van der Waals surface area contributed by atoms with Crippen LogP contribution in [0, 0.1) is 17.8 Å². The zero-order valence-corrected chi connectivity index (χ0v) is 29.4. The van der Waals surface area contributed by atoms with Gasteiger partial charge in [-0.1, -0.05) is 6.08 Å². The number of rotatable bonds is 10. The van der Waals surface area contributed by atoms with E-state index in [1.54, 1.807) is 6.08 Å². The Labute approximate surface area is 302 Å². The van der Waals surface area contributed by atoms with Crippen LogP contribution in [0.4, 0.5) is 0 Å². The molecule has 3 heterocycles. The summed E-state index contributed by atoms with van der Waals surface area (Å²) in [7, 11) is 1.52. The van der Waals surface area contributed by atoms with Gasteiger partial charge in [0.1, 0.15) is 37.1 Å². The van der Waals surface area contributed by atoms with Crippen LogP contribution in [0.2, 0.25) is 0 Å². The summed E-state index contributed by atoms with van der Waals surface area (Å²) in [5.41, 5.74) is -2.07. The maximum Gasteiger partial charge on any atom is 0.330 e. The average Bonchev–Trinajstić information content (AvgIpc) is 3.40. The Kier molecular flexibility index (Phi) is 13.3. The molecule has 17 nitrogen and oxygen atoms in total.